The highest BCUT2D eigenvalue weighted by Gasteiger charge is 2.19. The maximum absolute atomic E-state index is 13.5. The molecule has 2 rings (SSSR count). The van der Waals surface area contributed by atoms with Gasteiger partial charge in [-0.15, -0.1) is 0 Å². The number of hydrogen-bond donors (Lipinski definition) is 1. The Morgan fingerprint density at radius 2 is 2.14 bits per heavy atom. The molecule has 0 radical (unpaired) electrons. The van der Waals surface area contributed by atoms with Crippen molar-refractivity contribution < 1.29 is 14.0 Å². The predicted octanol–water partition coefficient (Wildman–Crippen LogP) is 1.52. The van der Waals surface area contributed by atoms with E-state index >= 15 is 0 Å². The van der Waals surface area contributed by atoms with Crippen molar-refractivity contribution in [3.63, 3.8) is 0 Å². The molecule has 72 valence electrons. The topological polar surface area (TPSA) is 46.2 Å². The molecule has 1 aliphatic rings. The van der Waals surface area contributed by atoms with Crippen LogP contribution in [0.4, 0.5) is 10.1 Å². The van der Waals surface area contributed by atoms with Crippen LogP contribution in [0.2, 0.25) is 0 Å². The summed E-state index contributed by atoms with van der Waals surface area (Å²) in [6, 6.07) is 3.10. The summed E-state index contributed by atoms with van der Waals surface area (Å²) in [6.45, 7) is 0. The number of carbonyl (C=O) groups is 2. The van der Waals surface area contributed by atoms with Crippen molar-refractivity contribution in [3.05, 3.63) is 29.1 Å². The molecule has 1 aromatic carbocycles. The molecule has 1 heterocycles. The van der Waals surface area contributed by atoms with Crippen LogP contribution in [-0.4, -0.2) is 12.2 Å². The normalized spacial score (nSPS) is 14.5. The minimum absolute atomic E-state index is 0.0223. The van der Waals surface area contributed by atoms with Crippen molar-refractivity contribution in [1.82, 2.24) is 0 Å². The van der Waals surface area contributed by atoms with E-state index in [9.17, 15) is 14.0 Å². The predicted molar refractivity (Wildman–Crippen MR) is 48.7 cm³/mol. The molecule has 1 amide bonds. The molecule has 1 N–H and O–H groups in total. The van der Waals surface area contributed by atoms with Gasteiger partial charge >= 0.3 is 0 Å². The van der Waals surface area contributed by atoms with E-state index in [4.69, 9.17) is 0 Å². The smallest absolute Gasteiger partial charge is 0.224 e. The highest BCUT2D eigenvalue weighted by molar-refractivity contribution is 5.95. The van der Waals surface area contributed by atoms with Crippen LogP contribution in [0.3, 0.4) is 0 Å². The maximum Gasteiger partial charge on any atom is 0.224 e. The Hall–Kier alpha value is -1.71. The lowest BCUT2D eigenvalue weighted by molar-refractivity contribution is -0.116. The summed E-state index contributed by atoms with van der Waals surface area (Å²) in [5.41, 5.74) is 0.879. The number of hydrogen-bond acceptors (Lipinski definition) is 2. The Bertz CT molecular complexity index is 415. The number of fused-ring (bicyclic) bond motifs is 1. The highest BCUT2D eigenvalue weighted by Crippen LogP contribution is 2.27. The zero-order chi connectivity index (χ0) is 10.1. The molecule has 0 saturated heterocycles. The summed E-state index contributed by atoms with van der Waals surface area (Å²) < 4.78 is 13.5. The Morgan fingerprint density at radius 1 is 1.36 bits per heavy atom. The first-order valence-corrected chi connectivity index (χ1v) is 4.29. The summed E-state index contributed by atoms with van der Waals surface area (Å²) in [6.07, 6.45) is 1.33. The summed E-state index contributed by atoms with van der Waals surface area (Å²) in [7, 11) is 0. The molecule has 0 saturated carbocycles. The summed E-state index contributed by atoms with van der Waals surface area (Å²) >= 11 is 0. The number of amides is 1. The standard InChI is InChI=1S/C10H8FNO2/c11-9-7(5-13)2-1-6-3-4-8(14)12-10(6)9/h1-2,5H,3-4H2,(H,12,14). The van der Waals surface area contributed by atoms with E-state index in [1.165, 1.54) is 6.07 Å². The Balaban J connectivity index is 2.55. The lowest BCUT2D eigenvalue weighted by atomic mass is 10.0. The lowest BCUT2D eigenvalue weighted by Crippen LogP contribution is -2.20. The van der Waals surface area contributed by atoms with Crippen molar-refractivity contribution >= 4 is 17.9 Å². The minimum Gasteiger partial charge on any atom is -0.323 e. The fourth-order valence-corrected chi connectivity index (χ4v) is 1.52. The van der Waals surface area contributed by atoms with E-state index in [0.29, 0.717) is 19.1 Å². The van der Waals surface area contributed by atoms with Gasteiger partial charge < -0.3 is 5.32 Å². The molecular formula is C10H8FNO2. The SMILES string of the molecule is O=Cc1ccc2c(c1F)NC(=O)CC2. The van der Waals surface area contributed by atoms with Crippen LogP contribution >= 0.6 is 0 Å². The van der Waals surface area contributed by atoms with Gasteiger partial charge in [-0.3, -0.25) is 9.59 Å². The van der Waals surface area contributed by atoms with Gasteiger partial charge in [0.2, 0.25) is 5.91 Å². The van der Waals surface area contributed by atoms with Crippen LogP contribution in [0.1, 0.15) is 22.3 Å². The first kappa shape index (κ1) is 8.87. The second-order valence-corrected chi connectivity index (χ2v) is 3.17. The van der Waals surface area contributed by atoms with Crippen LogP contribution in [0.25, 0.3) is 0 Å². The van der Waals surface area contributed by atoms with E-state index in [1.54, 1.807) is 6.07 Å². The zero-order valence-electron chi connectivity index (χ0n) is 7.34. The van der Waals surface area contributed by atoms with Gasteiger partial charge in [-0.2, -0.15) is 0 Å². The Labute approximate surface area is 79.9 Å². The molecule has 0 spiro atoms. The number of aryl methyl sites for hydroxylation is 1. The molecule has 4 heteroatoms. The maximum atomic E-state index is 13.5. The number of anilines is 1. The number of aldehydes is 1. The van der Waals surface area contributed by atoms with Gasteiger partial charge in [-0.1, -0.05) is 6.07 Å². The van der Waals surface area contributed by atoms with Crippen LogP contribution < -0.4 is 5.32 Å². The molecule has 0 bridgehead atoms. The number of halogens is 1. The fourth-order valence-electron chi connectivity index (χ4n) is 1.52. The second-order valence-electron chi connectivity index (χ2n) is 3.17. The van der Waals surface area contributed by atoms with Crippen molar-refractivity contribution in [2.24, 2.45) is 0 Å². The van der Waals surface area contributed by atoms with E-state index < -0.39 is 5.82 Å². The average Bonchev–Trinajstić information content (AvgIpc) is 2.20. The largest absolute Gasteiger partial charge is 0.323 e. The van der Waals surface area contributed by atoms with Gasteiger partial charge in [0.15, 0.2) is 12.1 Å². The molecule has 1 aromatic rings. The van der Waals surface area contributed by atoms with E-state index in [-0.39, 0.29) is 17.2 Å². The Kier molecular flexibility index (Phi) is 2.04. The van der Waals surface area contributed by atoms with Gasteiger partial charge in [0, 0.05) is 6.42 Å². The van der Waals surface area contributed by atoms with Crippen molar-refractivity contribution in [2.75, 3.05) is 5.32 Å². The number of nitrogens with one attached hydrogen (secondary N) is 1. The molecule has 0 atom stereocenters. The van der Waals surface area contributed by atoms with Crippen LogP contribution in [-0.2, 0) is 11.2 Å². The molecular weight excluding hydrogens is 185 g/mol. The number of benzene rings is 1. The minimum atomic E-state index is -0.634. The molecule has 14 heavy (non-hydrogen) atoms. The molecule has 0 fully saturated rings. The van der Waals surface area contributed by atoms with E-state index in [1.807, 2.05) is 0 Å². The van der Waals surface area contributed by atoms with E-state index in [0.717, 1.165) is 5.56 Å². The quantitative estimate of drug-likeness (QED) is 0.687. The fraction of sp³-hybridized carbons (Fsp3) is 0.200. The first-order chi connectivity index (χ1) is 6.72. The van der Waals surface area contributed by atoms with Crippen LogP contribution in [0.5, 0.6) is 0 Å². The van der Waals surface area contributed by atoms with Crippen molar-refractivity contribution in [1.29, 1.82) is 0 Å². The van der Waals surface area contributed by atoms with Gasteiger partial charge in [-0.05, 0) is 18.1 Å². The lowest BCUT2D eigenvalue weighted by Gasteiger charge is -2.17. The summed E-state index contributed by atoms with van der Waals surface area (Å²) in [4.78, 5) is 21.5. The first-order valence-electron chi connectivity index (χ1n) is 4.29. The van der Waals surface area contributed by atoms with E-state index in [2.05, 4.69) is 5.32 Å². The van der Waals surface area contributed by atoms with Gasteiger partial charge in [-0.25, -0.2) is 4.39 Å². The summed E-state index contributed by atoms with van der Waals surface area (Å²) in [5, 5.41) is 2.43. The molecule has 0 unspecified atom stereocenters. The Morgan fingerprint density at radius 3 is 2.86 bits per heavy atom. The number of carbonyl (C=O) groups excluding carboxylic acids is 2. The second kappa shape index (κ2) is 3.21. The molecule has 0 aliphatic carbocycles. The third-order valence-corrected chi connectivity index (χ3v) is 2.27. The van der Waals surface area contributed by atoms with Gasteiger partial charge in [0.25, 0.3) is 0 Å². The summed E-state index contributed by atoms with van der Waals surface area (Å²) in [5.74, 6) is -0.843. The third-order valence-electron chi connectivity index (χ3n) is 2.27. The van der Waals surface area contributed by atoms with Crippen molar-refractivity contribution in [2.45, 2.75) is 12.8 Å². The highest BCUT2D eigenvalue weighted by atomic mass is 19.1. The van der Waals surface area contributed by atoms with Crippen molar-refractivity contribution in [3.8, 4) is 0 Å². The molecule has 1 aliphatic heterocycles. The van der Waals surface area contributed by atoms with Gasteiger partial charge in [0.05, 0.1) is 11.3 Å². The third kappa shape index (κ3) is 1.28. The van der Waals surface area contributed by atoms with Gasteiger partial charge in [0.1, 0.15) is 0 Å². The molecule has 3 nitrogen and oxygen atoms in total. The monoisotopic (exact) mass is 193 g/mol. The number of rotatable bonds is 1. The van der Waals surface area contributed by atoms with Crippen LogP contribution in [0.15, 0.2) is 12.1 Å². The van der Waals surface area contributed by atoms with Crippen LogP contribution in [0, 0.1) is 5.82 Å². The zero-order valence-corrected chi connectivity index (χ0v) is 7.34. The molecule has 0 aromatic heterocycles. The average molecular weight is 193 g/mol.